The van der Waals surface area contributed by atoms with Gasteiger partial charge in [-0.15, -0.1) is 0 Å². The molecule has 0 saturated carbocycles. The molecule has 0 bridgehead atoms. The van der Waals surface area contributed by atoms with Crippen molar-refractivity contribution >= 4 is 45.2 Å². The van der Waals surface area contributed by atoms with Crippen molar-refractivity contribution in [3.8, 4) is 11.3 Å². The number of halogens is 3. The predicted octanol–water partition coefficient (Wildman–Crippen LogP) is 6.72. The minimum atomic E-state index is -2.63. The molecule has 0 spiro atoms. The number of fused-ring (bicyclic) bond motifs is 2. The summed E-state index contributed by atoms with van der Waals surface area (Å²) in [7, 11) is 1.94. The quantitative estimate of drug-likeness (QED) is 0.287. The number of imidazole rings is 1. The molecule has 1 N–H and O–H groups in total. The van der Waals surface area contributed by atoms with Gasteiger partial charge in [0.1, 0.15) is 5.69 Å². The fourth-order valence-electron chi connectivity index (χ4n) is 5.10. The maximum atomic E-state index is 13.9. The first-order valence-corrected chi connectivity index (χ1v) is 12.3. The van der Waals surface area contributed by atoms with Crippen molar-refractivity contribution in [2.45, 2.75) is 25.4 Å². The third-order valence-corrected chi connectivity index (χ3v) is 7.11. The van der Waals surface area contributed by atoms with Crippen molar-refractivity contribution in [1.29, 1.82) is 0 Å². The second-order valence-corrected chi connectivity index (χ2v) is 9.60. The molecule has 6 nitrogen and oxygen atoms in total. The van der Waals surface area contributed by atoms with E-state index in [0.717, 1.165) is 45.3 Å². The van der Waals surface area contributed by atoms with Crippen LogP contribution in [0.25, 0.3) is 33.2 Å². The summed E-state index contributed by atoms with van der Waals surface area (Å²) in [6.45, 7) is -1.33. The molecular weight excluding hydrogens is 482 g/mol. The highest BCUT2D eigenvalue weighted by molar-refractivity contribution is 6.30. The fourth-order valence-corrected chi connectivity index (χ4v) is 5.29. The van der Waals surface area contributed by atoms with E-state index in [1.165, 1.54) is 0 Å². The molecule has 3 heterocycles. The van der Waals surface area contributed by atoms with Gasteiger partial charge in [0, 0.05) is 47.8 Å². The minimum Gasteiger partial charge on any atom is -0.382 e. The van der Waals surface area contributed by atoms with Gasteiger partial charge in [0.2, 0.25) is 5.95 Å². The van der Waals surface area contributed by atoms with Gasteiger partial charge in [-0.3, -0.25) is 9.25 Å². The number of anilines is 2. The highest BCUT2D eigenvalue weighted by Crippen LogP contribution is 2.33. The summed E-state index contributed by atoms with van der Waals surface area (Å²) in [6.07, 6.45) is 1.65. The van der Waals surface area contributed by atoms with Gasteiger partial charge >= 0.3 is 6.55 Å². The molecule has 1 aliphatic heterocycles. The van der Waals surface area contributed by atoms with Crippen LogP contribution >= 0.6 is 11.6 Å². The van der Waals surface area contributed by atoms with Crippen LogP contribution in [0.2, 0.25) is 5.02 Å². The highest BCUT2D eigenvalue weighted by Gasteiger charge is 2.26. The number of nitrogens with zero attached hydrogens (tertiary/aromatic N) is 5. The summed E-state index contributed by atoms with van der Waals surface area (Å²) in [5, 5.41) is 10.1. The van der Waals surface area contributed by atoms with Gasteiger partial charge in [0.25, 0.3) is 0 Å². The molecule has 1 aliphatic rings. The lowest BCUT2D eigenvalue weighted by molar-refractivity contribution is 0.0757. The van der Waals surface area contributed by atoms with Crippen LogP contribution < -0.4 is 10.2 Å². The average molecular weight is 507 g/mol. The second kappa shape index (κ2) is 9.09. The SMILES string of the molecule is Cn1nc(-c2cccc(Cl)c2)c2ccc(NC3CCN(c4nc5ccccc5n4C(F)F)CC3)cc21. The lowest BCUT2D eigenvalue weighted by Gasteiger charge is -2.33. The molecule has 6 rings (SSSR count). The molecule has 2 aromatic heterocycles. The Hall–Kier alpha value is -3.65. The Balaban J connectivity index is 1.19. The van der Waals surface area contributed by atoms with Crippen LogP contribution in [0, 0.1) is 0 Å². The van der Waals surface area contributed by atoms with Gasteiger partial charge in [-0.2, -0.15) is 13.9 Å². The standard InChI is InChI=1S/C27H25ClF2N6/c1-34-24-16-20(9-10-21(24)25(33-34)17-5-4-6-18(28)15-17)31-19-11-13-35(14-12-19)27-32-22-7-2-3-8-23(22)36(27)26(29)30/h2-10,15-16,19,26,31H,11-14H2,1H3. The molecule has 1 saturated heterocycles. The molecule has 9 heteroatoms. The Morgan fingerprint density at radius 2 is 1.78 bits per heavy atom. The molecule has 3 aromatic carbocycles. The smallest absolute Gasteiger partial charge is 0.321 e. The maximum Gasteiger partial charge on any atom is 0.321 e. The number of para-hydroxylation sites is 2. The first-order valence-electron chi connectivity index (χ1n) is 12.0. The fraction of sp³-hybridized carbons (Fsp3) is 0.259. The monoisotopic (exact) mass is 506 g/mol. The number of aromatic nitrogens is 4. The number of benzene rings is 3. The molecule has 184 valence electrons. The zero-order valence-electron chi connectivity index (χ0n) is 19.7. The van der Waals surface area contributed by atoms with Crippen molar-refractivity contribution in [3.63, 3.8) is 0 Å². The van der Waals surface area contributed by atoms with E-state index in [1.807, 2.05) is 47.0 Å². The Bertz CT molecular complexity index is 1550. The molecule has 0 unspecified atom stereocenters. The Morgan fingerprint density at radius 1 is 0.972 bits per heavy atom. The van der Waals surface area contributed by atoms with Crippen molar-refractivity contribution < 1.29 is 8.78 Å². The van der Waals surface area contributed by atoms with E-state index in [2.05, 4.69) is 28.5 Å². The summed E-state index contributed by atoms with van der Waals surface area (Å²) in [5.74, 6) is 0.342. The zero-order valence-corrected chi connectivity index (χ0v) is 20.5. The molecule has 0 atom stereocenters. The van der Waals surface area contributed by atoms with Crippen molar-refractivity contribution in [1.82, 2.24) is 19.3 Å². The van der Waals surface area contributed by atoms with Crippen LogP contribution in [0.3, 0.4) is 0 Å². The lowest BCUT2D eigenvalue weighted by atomic mass is 10.0. The third kappa shape index (κ3) is 4.05. The molecule has 1 fully saturated rings. The number of aryl methyl sites for hydroxylation is 1. The largest absolute Gasteiger partial charge is 0.382 e. The predicted molar refractivity (Wildman–Crippen MR) is 141 cm³/mol. The number of hydrogen-bond acceptors (Lipinski definition) is 4. The van der Waals surface area contributed by atoms with E-state index in [4.69, 9.17) is 16.7 Å². The summed E-state index contributed by atoms with van der Waals surface area (Å²) in [4.78, 5) is 6.48. The second-order valence-electron chi connectivity index (χ2n) is 9.17. The van der Waals surface area contributed by atoms with E-state index in [0.29, 0.717) is 35.1 Å². The number of alkyl halides is 2. The van der Waals surface area contributed by atoms with E-state index in [1.54, 1.807) is 18.2 Å². The van der Waals surface area contributed by atoms with Gasteiger partial charge < -0.3 is 10.2 Å². The Labute approximate surface area is 212 Å². The van der Waals surface area contributed by atoms with Crippen molar-refractivity contribution in [2.24, 2.45) is 7.05 Å². The maximum absolute atomic E-state index is 13.9. The Kier molecular flexibility index (Phi) is 5.76. The minimum absolute atomic E-state index is 0.240. The van der Waals surface area contributed by atoms with Crippen LogP contribution in [0.15, 0.2) is 66.7 Å². The molecule has 5 aromatic rings. The van der Waals surface area contributed by atoms with E-state index in [-0.39, 0.29) is 6.04 Å². The van der Waals surface area contributed by atoms with Crippen LogP contribution in [0.4, 0.5) is 20.4 Å². The van der Waals surface area contributed by atoms with Crippen LogP contribution in [-0.2, 0) is 7.05 Å². The average Bonchev–Trinajstić information content (AvgIpc) is 3.43. The highest BCUT2D eigenvalue weighted by atomic mass is 35.5. The van der Waals surface area contributed by atoms with E-state index < -0.39 is 6.55 Å². The van der Waals surface area contributed by atoms with Gasteiger partial charge in [-0.25, -0.2) is 4.98 Å². The topological polar surface area (TPSA) is 50.9 Å². The molecular formula is C27H25ClF2N6. The van der Waals surface area contributed by atoms with Gasteiger partial charge in [0.15, 0.2) is 0 Å². The summed E-state index contributed by atoms with van der Waals surface area (Å²) in [6, 6.07) is 21.3. The van der Waals surface area contributed by atoms with Crippen LogP contribution in [0.1, 0.15) is 19.4 Å². The Morgan fingerprint density at radius 3 is 2.56 bits per heavy atom. The van der Waals surface area contributed by atoms with Crippen LogP contribution in [-0.4, -0.2) is 38.5 Å². The normalized spacial score (nSPS) is 14.9. The third-order valence-electron chi connectivity index (χ3n) is 6.87. The summed E-state index contributed by atoms with van der Waals surface area (Å²) >= 11 is 6.19. The number of hydrogen-bond donors (Lipinski definition) is 1. The summed E-state index contributed by atoms with van der Waals surface area (Å²) in [5.41, 5.74) is 4.98. The van der Waals surface area contributed by atoms with Gasteiger partial charge in [0.05, 0.1) is 16.6 Å². The van der Waals surface area contributed by atoms with Crippen molar-refractivity contribution in [3.05, 3.63) is 71.8 Å². The van der Waals surface area contributed by atoms with E-state index in [9.17, 15) is 8.78 Å². The van der Waals surface area contributed by atoms with Crippen LogP contribution in [0.5, 0.6) is 0 Å². The van der Waals surface area contributed by atoms with E-state index >= 15 is 0 Å². The number of nitrogens with one attached hydrogen (secondary N) is 1. The van der Waals surface area contributed by atoms with Gasteiger partial charge in [-0.05, 0) is 55.3 Å². The first kappa shape index (κ1) is 22.8. The molecule has 0 aliphatic carbocycles. The number of piperidine rings is 1. The van der Waals surface area contributed by atoms with Gasteiger partial charge in [-0.1, -0.05) is 35.9 Å². The lowest BCUT2D eigenvalue weighted by Crippen LogP contribution is -2.40. The first-order chi connectivity index (χ1) is 17.5. The molecule has 36 heavy (non-hydrogen) atoms. The molecule has 0 amide bonds. The summed E-state index contributed by atoms with van der Waals surface area (Å²) < 4.78 is 30.7. The zero-order chi connectivity index (χ0) is 24.8. The van der Waals surface area contributed by atoms with Crippen molar-refractivity contribution in [2.75, 3.05) is 23.3 Å². The molecule has 0 radical (unpaired) electrons. The number of rotatable bonds is 5.